The molecule has 1 aliphatic rings. The van der Waals surface area contributed by atoms with E-state index in [-0.39, 0.29) is 0 Å². The van der Waals surface area contributed by atoms with E-state index in [0.717, 1.165) is 11.8 Å². The van der Waals surface area contributed by atoms with Crippen molar-refractivity contribution in [1.82, 2.24) is 0 Å². The quantitative estimate of drug-likeness (QED) is 0.633. The van der Waals surface area contributed by atoms with E-state index in [1.807, 2.05) is 12.1 Å². The van der Waals surface area contributed by atoms with Crippen molar-refractivity contribution in [2.24, 2.45) is 17.0 Å². The third-order valence-electron chi connectivity index (χ3n) is 3.20. The molecule has 1 aromatic rings. The molecule has 0 bridgehead atoms. The van der Waals surface area contributed by atoms with Gasteiger partial charge in [0.05, 0.1) is 0 Å². The molecule has 1 aliphatic carbocycles. The summed E-state index contributed by atoms with van der Waals surface area (Å²) >= 11 is 0. The summed E-state index contributed by atoms with van der Waals surface area (Å²) in [6.07, 6.45) is 0. The Morgan fingerprint density at radius 3 is 2.00 bits per heavy atom. The highest BCUT2D eigenvalue weighted by molar-refractivity contribution is 5.41. The molecule has 0 aromatic heterocycles. The van der Waals surface area contributed by atoms with E-state index >= 15 is 0 Å². The number of nitrogens with zero attached hydrogens (tertiary/aromatic N) is 1. The van der Waals surface area contributed by atoms with E-state index in [0.29, 0.717) is 11.6 Å². The van der Waals surface area contributed by atoms with Gasteiger partial charge < -0.3 is 0 Å². The molecule has 13 heavy (non-hydrogen) atoms. The van der Waals surface area contributed by atoms with E-state index in [4.69, 9.17) is 0 Å². The highest BCUT2D eigenvalue weighted by Gasteiger charge is 2.43. The first-order valence-corrected chi connectivity index (χ1v) is 4.67. The Balaban J connectivity index is 2.19. The van der Waals surface area contributed by atoms with Gasteiger partial charge in [0.1, 0.15) is 5.69 Å². The highest BCUT2D eigenvalue weighted by atomic mass is 16.3. The van der Waals surface area contributed by atoms with Gasteiger partial charge in [-0.25, -0.2) is 0 Å². The Hall–Kier alpha value is -1.18. The Morgan fingerprint density at radius 2 is 1.62 bits per heavy atom. The zero-order chi connectivity index (χ0) is 9.42. The molecule has 2 nitrogen and oxygen atoms in total. The number of hydrogen-bond donors (Lipinski definition) is 0. The van der Waals surface area contributed by atoms with Crippen LogP contribution in [0.5, 0.6) is 0 Å². The molecule has 0 aliphatic heterocycles. The first-order chi connectivity index (χ1) is 6.24. The molecule has 0 saturated heterocycles. The Morgan fingerprint density at radius 1 is 1.08 bits per heavy atom. The van der Waals surface area contributed by atoms with Crippen LogP contribution < -0.4 is 0 Å². The van der Waals surface area contributed by atoms with Crippen molar-refractivity contribution < 1.29 is 0 Å². The second-order valence-corrected chi connectivity index (χ2v) is 3.93. The summed E-state index contributed by atoms with van der Waals surface area (Å²) in [7, 11) is 0. The standard InChI is InChI=1S/C11H13NO/c1-7-8(2)11(7)9-3-5-10(12-13)6-4-9/h3-8,11H,1-2H3/t7-,8+,11?. The molecule has 1 fully saturated rings. The van der Waals surface area contributed by atoms with Gasteiger partial charge in [-0.1, -0.05) is 26.0 Å². The lowest BCUT2D eigenvalue weighted by Crippen LogP contribution is -1.79. The molecular weight excluding hydrogens is 162 g/mol. The number of hydrogen-bond acceptors (Lipinski definition) is 2. The Kier molecular flexibility index (Phi) is 1.91. The number of rotatable bonds is 2. The minimum atomic E-state index is 0.518. The second kappa shape index (κ2) is 2.95. The van der Waals surface area contributed by atoms with Crippen LogP contribution in [0.1, 0.15) is 25.3 Å². The zero-order valence-electron chi connectivity index (χ0n) is 7.90. The van der Waals surface area contributed by atoms with Gasteiger partial charge in [0.15, 0.2) is 0 Å². The fraction of sp³-hybridized carbons (Fsp3) is 0.455. The van der Waals surface area contributed by atoms with Crippen LogP contribution in [0.4, 0.5) is 5.69 Å². The van der Waals surface area contributed by atoms with E-state index < -0.39 is 0 Å². The van der Waals surface area contributed by atoms with Crippen LogP contribution in [0.2, 0.25) is 0 Å². The monoisotopic (exact) mass is 175 g/mol. The summed E-state index contributed by atoms with van der Waals surface area (Å²) in [5.41, 5.74) is 1.86. The van der Waals surface area contributed by atoms with Crippen LogP contribution in [-0.2, 0) is 0 Å². The van der Waals surface area contributed by atoms with Crippen LogP contribution >= 0.6 is 0 Å². The maximum absolute atomic E-state index is 10.2. The second-order valence-electron chi connectivity index (χ2n) is 3.93. The maximum Gasteiger partial charge on any atom is 0.108 e. The molecular formula is C11H13NO. The van der Waals surface area contributed by atoms with Gasteiger partial charge in [-0.2, -0.15) is 0 Å². The lowest BCUT2D eigenvalue weighted by atomic mass is 10.1. The normalized spacial score (nSPS) is 31.4. The molecule has 3 atom stereocenters. The minimum Gasteiger partial charge on any atom is -0.145 e. The van der Waals surface area contributed by atoms with Gasteiger partial charge in [0.25, 0.3) is 0 Å². The summed E-state index contributed by atoms with van der Waals surface area (Å²) in [6.45, 7) is 4.53. The van der Waals surface area contributed by atoms with Gasteiger partial charge in [-0.15, -0.1) is 4.91 Å². The molecule has 1 aromatic carbocycles. The molecule has 68 valence electrons. The zero-order valence-corrected chi connectivity index (χ0v) is 7.90. The first kappa shape index (κ1) is 8.42. The lowest BCUT2D eigenvalue weighted by molar-refractivity contribution is 0.834. The van der Waals surface area contributed by atoms with Crippen molar-refractivity contribution in [1.29, 1.82) is 0 Å². The smallest absolute Gasteiger partial charge is 0.108 e. The fourth-order valence-electron chi connectivity index (χ4n) is 2.03. The third-order valence-corrected chi connectivity index (χ3v) is 3.20. The van der Waals surface area contributed by atoms with Gasteiger partial charge in [-0.05, 0) is 40.6 Å². The Bertz CT molecular complexity index is 309. The van der Waals surface area contributed by atoms with Gasteiger partial charge in [0, 0.05) is 0 Å². The largest absolute Gasteiger partial charge is 0.145 e. The lowest BCUT2D eigenvalue weighted by Gasteiger charge is -1.97. The molecule has 0 heterocycles. The molecule has 0 spiro atoms. The van der Waals surface area contributed by atoms with Crippen LogP contribution in [0.3, 0.4) is 0 Å². The molecule has 0 radical (unpaired) electrons. The Labute approximate surface area is 77.9 Å². The van der Waals surface area contributed by atoms with Crippen molar-refractivity contribution in [3.8, 4) is 0 Å². The summed E-state index contributed by atoms with van der Waals surface area (Å²) in [5.74, 6) is 2.27. The molecule has 2 rings (SSSR count). The van der Waals surface area contributed by atoms with E-state index in [1.165, 1.54) is 5.56 Å². The van der Waals surface area contributed by atoms with Crippen molar-refractivity contribution in [2.75, 3.05) is 0 Å². The molecule has 2 heteroatoms. The van der Waals surface area contributed by atoms with Crippen LogP contribution in [0.25, 0.3) is 0 Å². The fourth-order valence-corrected chi connectivity index (χ4v) is 2.03. The average Bonchev–Trinajstić information content (AvgIpc) is 2.75. The van der Waals surface area contributed by atoms with E-state index in [1.54, 1.807) is 12.1 Å². The predicted molar refractivity (Wildman–Crippen MR) is 53.0 cm³/mol. The van der Waals surface area contributed by atoms with Crippen LogP contribution in [0, 0.1) is 16.7 Å². The summed E-state index contributed by atoms with van der Waals surface area (Å²) in [5, 5.41) is 2.88. The van der Waals surface area contributed by atoms with Crippen molar-refractivity contribution in [3.05, 3.63) is 34.7 Å². The van der Waals surface area contributed by atoms with Gasteiger partial charge in [0.2, 0.25) is 0 Å². The molecule has 1 unspecified atom stereocenters. The van der Waals surface area contributed by atoms with Crippen LogP contribution in [0.15, 0.2) is 29.4 Å². The third kappa shape index (κ3) is 1.37. The van der Waals surface area contributed by atoms with Gasteiger partial charge in [-0.3, -0.25) is 0 Å². The number of nitroso groups, excluding NO2 is 1. The molecule has 0 N–H and O–H groups in total. The average molecular weight is 175 g/mol. The van der Waals surface area contributed by atoms with Gasteiger partial charge >= 0.3 is 0 Å². The van der Waals surface area contributed by atoms with Crippen molar-refractivity contribution in [3.63, 3.8) is 0 Å². The first-order valence-electron chi connectivity index (χ1n) is 4.67. The molecule has 1 saturated carbocycles. The van der Waals surface area contributed by atoms with Crippen molar-refractivity contribution >= 4 is 5.69 Å². The topological polar surface area (TPSA) is 29.4 Å². The van der Waals surface area contributed by atoms with E-state index in [2.05, 4.69) is 19.0 Å². The maximum atomic E-state index is 10.2. The minimum absolute atomic E-state index is 0.518. The predicted octanol–water partition coefficient (Wildman–Crippen LogP) is 3.45. The number of benzene rings is 1. The summed E-state index contributed by atoms with van der Waals surface area (Å²) in [4.78, 5) is 10.2. The summed E-state index contributed by atoms with van der Waals surface area (Å²) < 4.78 is 0. The summed E-state index contributed by atoms with van der Waals surface area (Å²) in [6, 6.07) is 7.61. The van der Waals surface area contributed by atoms with E-state index in [9.17, 15) is 4.91 Å². The highest BCUT2D eigenvalue weighted by Crippen LogP contribution is 2.53. The molecule has 0 amide bonds. The SMILES string of the molecule is C[C@@H]1C(c2ccc(N=O)cc2)[C@@H]1C. The van der Waals surface area contributed by atoms with Crippen molar-refractivity contribution in [2.45, 2.75) is 19.8 Å². The van der Waals surface area contributed by atoms with Crippen LogP contribution in [-0.4, -0.2) is 0 Å².